The van der Waals surface area contributed by atoms with E-state index in [0.717, 1.165) is 6.07 Å². The predicted octanol–water partition coefficient (Wildman–Crippen LogP) is 2.35. The molecular weight excluding hydrogens is 364 g/mol. The highest BCUT2D eigenvalue weighted by atomic mass is 32.2. The molecule has 1 atom stereocenters. The van der Waals surface area contributed by atoms with Gasteiger partial charge < -0.3 is 4.90 Å². The molecule has 0 aromatic heterocycles. The number of anilines is 1. The lowest BCUT2D eigenvalue weighted by Crippen LogP contribution is -2.23. The lowest BCUT2D eigenvalue weighted by atomic mass is 10.1. The second-order valence-electron chi connectivity index (χ2n) is 5.59. The fourth-order valence-corrected chi connectivity index (χ4v) is 2.99. The Balaban J connectivity index is 2.48. The van der Waals surface area contributed by atoms with Crippen LogP contribution in [0.4, 0.5) is 17.1 Å². The van der Waals surface area contributed by atoms with Gasteiger partial charge in [0, 0.05) is 25.2 Å². The van der Waals surface area contributed by atoms with Gasteiger partial charge in [-0.05, 0) is 24.6 Å². The monoisotopic (exact) mass is 380 g/mol. The van der Waals surface area contributed by atoms with Crippen LogP contribution in [-0.2, 0) is 10.0 Å². The van der Waals surface area contributed by atoms with Crippen LogP contribution < -0.4 is 10.0 Å². The highest BCUT2D eigenvalue weighted by Crippen LogP contribution is 2.35. The Morgan fingerprint density at radius 1 is 1.08 bits per heavy atom. The first-order chi connectivity index (χ1) is 12.0. The molecule has 2 aromatic rings. The Morgan fingerprint density at radius 2 is 1.73 bits per heavy atom. The standard InChI is InChI=1S/C15H16N4O6S/c1-10(11-4-3-5-12(8-11)18(20)21)17(2)14-7-6-13(26(16,24)25)9-15(14)19(22)23/h3-10H,1-2H3,(H2,16,24,25). The maximum Gasteiger partial charge on any atom is 0.293 e. The van der Waals surface area contributed by atoms with Crippen LogP contribution in [0, 0.1) is 20.2 Å². The number of hydrogen-bond acceptors (Lipinski definition) is 7. The summed E-state index contributed by atoms with van der Waals surface area (Å²) in [5.74, 6) is 0. The molecule has 10 nitrogen and oxygen atoms in total. The van der Waals surface area contributed by atoms with Crippen LogP contribution in [-0.4, -0.2) is 25.3 Å². The molecule has 0 aliphatic rings. The molecule has 0 aliphatic carbocycles. The maximum absolute atomic E-state index is 11.4. The van der Waals surface area contributed by atoms with Gasteiger partial charge in [-0.2, -0.15) is 0 Å². The van der Waals surface area contributed by atoms with Gasteiger partial charge in [-0.15, -0.1) is 0 Å². The zero-order chi connectivity index (χ0) is 19.6. The van der Waals surface area contributed by atoms with E-state index in [1.54, 1.807) is 20.0 Å². The van der Waals surface area contributed by atoms with Crippen molar-refractivity contribution in [3.63, 3.8) is 0 Å². The average molecular weight is 380 g/mol. The predicted molar refractivity (Wildman–Crippen MR) is 94.4 cm³/mol. The third-order valence-corrected chi connectivity index (χ3v) is 4.91. The second kappa shape index (κ2) is 7.06. The van der Waals surface area contributed by atoms with E-state index >= 15 is 0 Å². The molecule has 0 radical (unpaired) electrons. The molecule has 0 fully saturated rings. The van der Waals surface area contributed by atoms with Crippen molar-refractivity contribution in [1.82, 2.24) is 0 Å². The minimum absolute atomic E-state index is 0.0955. The maximum atomic E-state index is 11.4. The van der Waals surface area contributed by atoms with E-state index in [9.17, 15) is 28.6 Å². The number of nitrogens with two attached hydrogens (primary N) is 1. The highest BCUT2D eigenvalue weighted by Gasteiger charge is 2.24. The van der Waals surface area contributed by atoms with Crippen molar-refractivity contribution in [2.45, 2.75) is 17.9 Å². The summed E-state index contributed by atoms with van der Waals surface area (Å²) in [4.78, 5) is 22.2. The third kappa shape index (κ3) is 3.95. The average Bonchev–Trinajstić information content (AvgIpc) is 2.59. The third-order valence-electron chi connectivity index (χ3n) is 4.00. The van der Waals surface area contributed by atoms with Crippen molar-refractivity contribution in [1.29, 1.82) is 0 Å². The minimum Gasteiger partial charge on any atom is -0.362 e. The van der Waals surface area contributed by atoms with Gasteiger partial charge in [0.15, 0.2) is 0 Å². The first-order valence-corrected chi connectivity index (χ1v) is 8.85. The molecule has 0 amide bonds. The molecule has 2 rings (SSSR count). The normalized spacial score (nSPS) is 12.4. The number of benzene rings is 2. The van der Waals surface area contributed by atoms with Crippen LogP contribution in [0.2, 0.25) is 0 Å². The van der Waals surface area contributed by atoms with Crippen LogP contribution in [0.5, 0.6) is 0 Å². The van der Waals surface area contributed by atoms with Crippen LogP contribution in [0.3, 0.4) is 0 Å². The number of nitro groups is 2. The molecular formula is C15H16N4O6S. The quantitative estimate of drug-likeness (QED) is 0.597. The van der Waals surface area contributed by atoms with Gasteiger partial charge in [0.05, 0.1) is 20.8 Å². The number of primary sulfonamides is 1. The molecule has 0 saturated carbocycles. The summed E-state index contributed by atoms with van der Waals surface area (Å²) in [6, 6.07) is 8.82. The fourth-order valence-electron chi connectivity index (χ4n) is 2.46. The van der Waals surface area contributed by atoms with E-state index in [2.05, 4.69) is 0 Å². The summed E-state index contributed by atoms with van der Waals surface area (Å²) in [6.45, 7) is 1.72. The Kier molecular flexibility index (Phi) is 5.23. The lowest BCUT2D eigenvalue weighted by molar-refractivity contribution is -0.384. The summed E-state index contributed by atoms with van der Waals surface area (Å²) in [5.41, 5.74) is 0.200. The number of nitro benzene ring substituents is 2. The Morgan fingerprint density at radius 3 is 2.27 bits per heavy atom. The summed E-state index contributed by atoms with van der Waals surface area (Å²) in [7, 11) is -2.51. The molecule has 26 heavy (non-hydrogen) atoms. The van der Waals surface area contributed by atoms with E-state index in [4.69, 9.17) is 5.14 Å². The topological polar surface area (TPSA) is 150 Å². The minimum atomic E-state index is -4.09. The Bertz CT molecular complexity index is 976. The molecule has 1 unspecified atom stereocenters. The molecule has 0 aliphatic heterocycles. The molecule has 0 heterocycles. The molecule has 0 saturated heterocycles. The van der Waals surface area contributed by atoms with Gasteiger partial charge in [0.1, 0.15) is 5.69 Å². The van der Waals surface area contributed by atoms with Gasteiger partial charge in [0.2, 0.25) is 10.0 Å². The molecule has 11 heteroatoms. The van der Waals surface area contributed by atoms with Gasteiger partial charge in [-0.3, -0.25) is 20.2 Å². The molecule has 0 spiro atoms. The van der Waals surface area contributed by atoms with Gasteiger partial charge >= 0.3 is 0 Å². The fraction of sp³-hybridized carbons (Fsp3) is 0.200. The molecule has 2 N–H and O–H groups in total. The zero-order valence-electron chi connectivity index (χ0n) is 13.9. The number of rotatable bonds is 6. The smallest absolute Gasteiger partial charge is 0.293 e. The first-order valence-electron chi connectivity index (χ1n) is 7.31. The summed E-state index contributed by atoms with van der Waals surface area (Å²) >= 11 is 0. The summed E-state index contributed by atoms with van der Waals surface area (Å²) < 4.78 is 22.8. The van der Waals surface area contributed by atoms with Crippen molar-refractivity contribution >= 4 is 27.1 Å². The summed E-state index contributed by atoms with van der Waals surface area (Å²) in [5, 5.41) is 27.3. The first kappa shape index (κ1) is 19.3. The molecule has 2 aromatic carbocycles. The summed E-state index contributed by atoms with van der Waals surface area (Å²) in [6.07, 6.45) is 0. The van der Waals surface area contributed by atoms with Crippen molar-refractivity contribution in [2.24, 2.45) is 5.14 Å². The van der Waals surface area contributed by atoms with E-state index in [1.807, 2.05) is 0 Å². The van der Waals surface area contributed by atoms with Gasteiger partial charge in [-0.1, -0.05) is 12.1 Å². The van der Waals surface area contributed by atoms with Crippen molar-refractivity contribution in [3.8, 4) is 0 Å². The van der Waals surface area contributed by atoms with Gasteiger partial charge in [0.25, 0.3) is 11.4 Å². The number of nitrogens with zero attached hydrogens (tertiary/aromatic N) is 3. The van der Waals surface area contributed by atoms with E-state index in [-0.39, 0.29) is 16.3 Å². The van der Waals surface area contributed by atoms with Crippen LogP contribution in [0.25, 0.3) is 0 Å². The largest absolute Gasteiger partial charge is 0.362 e. The highest BCUT2D eigenvalue weighted by molar-refractivity contribution is 7.89. The Labute approximate surface area is 149 Å². The van der Waals surface area contributed by atoms with Crippen LogP contribution in [0.15, 0.2) is 47.4 Å². The SMILES string of the molecule is CC(c1cccc([N+](=O)[O-])c1)N(C)c1ccc(S(N)(=O)=O)cc1[N+](=O)[O-]. The van der Waals surface area contributed by atoms with Crippen LogP contribution in [0.1, 0.15) is 18.5 Å². The Hall–Kier alpha value is -3.05. The number of sulfonamides is 1. The zero-order valence-corrected chi connectivity index (χ0v) is 14.7. The van der Waals surface area contributed by atoms with E-state index in [0.29, 0.717) is 5.56 Å². The number of non-ortho nitro benzene ring substituents is 1. The van der Waals surface area contributed by atoms with Crippen molar-refractivity contribution in [2.75, 3.05) is 11.9 Å². The second-order valence-corrected chi connectivity index (χ2v) is 7.15. The van der Waals surface area contributed by atoms with E-state index < -0.39 is 31.6 Å². The molecule has 138 valence electrons. The number of hydrogen-bond donors (Lipinski definition) is 1. The van der Waals surface area contributed by atoms with E-state index in [1.165, 1.54) is 35.2 Å². The lowest BCUT2D eigenvalue weighted by Gasteiger charge is -2.27. The van der Waals surface area contributed by atoms with Crippen molar-refractivity contribution < 1.29 is 18.3 Å². The van der Waals surface area contributed by atoms with Crippen LogP contribution >= 0.6 is 0 Å². The molecule has 0 bridgehead atoms. The van der Waals surface area contributed by atoms with Gasteiger partial charge in [-0.25, -0.2) is 13.6 Å². The van der Waals surface area contributed by atoms with Crippen molar-refractivity contribution in [3.05, 3.63) is 68.3 Å².